The summed E-state index contributed by atoms with van der Waals surface area (Å²) in [6.07, 6.45) is 79.9. The van der Waals surface area contributed by atoms with E-state index >= 15 is 0 Å². The van der Waals surface area contributed by atoms with Crippen molar-refractivity contribution < 1.29 is 28.6 Å². The van der Waals surface area contributed by atoms with Gasteiger partial charge in [0.25, 0.3) is 0 Å². The molecule has 75 heavy (non-hydrogen) atoms. The minimum absolute atomic E-state index is 0.0762. The lowest BCUT2D eigenvalue weighted by Gasteiger charge is -2.18. The van der Waals surface area contributed by atoms with Crippen molar-refractivity contribution >= 4 is 17.9 Å². The Hall–Kier alpha value is -2.63. The lowest BCUT2D eigenvalue weighted by Crippen LogP contribution is -2.30. The summed E-state index contributed by atoms with van der Waals surface area (Å²) in [4.78, 5) is 38.3. The Balaban J connectivity index is 4.24. The quantitative estimate of drug-likeness (QED) is 0.0261. The Morgan fingerprint density at radius 3 is 0.827 bits per heavy atom. The topological polar surface area (TPSA) is 78.9 Å². The molecule has 6 heteroatoms. The molecule has 0 aliphatic carbocycles. The van der Waals surface area contributed by atoms with Gasteiger partial charge in [-0.15, -0.1) is 0 Å². The zero-order valence-corrected chi connectivity index (χ0v) is 50.3. The molecule has 438 valence electrons. The number of hydrogen-bond donors (Lipinski definition) is 0. The Morgan fingerprint density at radius 2 is 0.520 bits per heavy atom. The van der Waals surface area contributed by atoms with E-state index in [1.54, 1.807) is 0 Å². The zero-order chi connectivity index (χ0) is 54.3. The molecule has 6 nitrogen and oxygen atoms in total. The standard InChI is InChI=1S/C69H126O6/c1-4-7-10-13-16-19-22-25-28-30-31-32-33-34-35-36-37-38-40-41-44-47-50-53-56-59-62-68(71)74-65-66(64-73-67(70)61-58-55-52-49-46-43-27-24-21-18-15-12-9-6-3)75-69(72)63-60-57-54-51-48-45-42-39-29-26-23-20-17-14-11-8-5-2/h8,11,17,20,24,26-27,29,66H,4-7,9-10,12-16,18-19,21-23,25,28,30-65H2,1-3H3/b11-8-,20-17-,27-24-,29-26-. The first kappa shape index (κ1) is 72.4. The molecular weight excluding hydrogens is 925 g/mol. The van der Waals surface area contributed by atoms with Gasteiger partial charge in [-0.2, -0.15) is 0 Å². The lowest BCUT2D eigenvalue weighted by molar-refractivity contribution is -0.167. The minimum atomic E-state index is -0.781. The molecule has 1 unspecified atom stereocenters. The van der Waals surface area contributed by atoms with E-state index < -0.39 is 6.10 Å². The fourth-order valence-corrected chi connectivity index (χ4v) is 9.87. The number of hydrogen-bond acceptors (Lipinski definition) is 6. The summed E-state index contributed by atoms with van der Waals surface area (Å²) >= 11 is 0. The van der Waals surface area contributed by atoms with E-state index in [-0.39, 0.29) is 31.1 Å². The molecule has 0 aromatic rings. The second-order valence-corrected chi connectivity index (χ2v) is 22.4. The van der Waals surface area contributed by atoms with Crippen molar-refractivity contribution in [3.8, 4) is 0 Å². The Labute approximate surface area is 467 Å². The van der Waals surface area contributed by atoms with Crippen LogP contribution in [0.25, 0.3) is 0 Å². The van der Waals surface area contributed by atoms with Gasteiger partial charge in [0, 0.05) is 19.3 Å². The Morgan fingerprint density at radius 1 is 0.280 bits per heavy atom. The van der Waals surface area contributed by atoms with E-state index in [9.17, 15) is 14.4 Å². The van der Waals surface area contributed by atoms with Crippen LogP contribution in [0.4, 0.5) is 0 Å². The van der Waals surface area contributed by atoms with Crippen molar-refractivity contribution in [1.82, 2.24) is 0 Å². The zero-order valence-electron chi connectivity index (χ0n) is 50.3. The van der Waals surface area contributed by atoms with Crippen LogP contribution in [0.2, 0.25) is 0 Å². The van der Waals surface area contributed by atoms with Gasteiger partial charge in [-0.05, 0) is 77.0 Å². The van der Waals surface area contributed by atoms with Crippen LogP contribution >= 0.6 is 0 Å². The third kappa shape index (κ3) is 62.1. The van der Waals surface area contributed by atoms with E-state index in [1.807, 2.05) is 0 Å². The van der Waals surface area contributed by atoms with Crippen LogP contribution in [0.15, 0.2) is 48.6 Å². The summed E-state index contributed by atoms with van der Waals surface area (Å²) in [5, 5.41) is 0. The maximum absolute atomic E-state index is 12.9. The number of carbonyl (C=O) groups excluding carboxylic acids is 3. The number of allylic oxidation sites excluding steroid dienone is 8. The lowest BCUT2D eigenvalue weighted by atomic mass is 10.0. The van der Waals surface area contributed by atoms with Crippen LogP contribution < -0.4 is 0 Å². The highest BCUT2D eigenvalue weighted by Gasteiger charge is 2.19. The molecule has 0 aliphatic rings. The molecule has 0 amide bonds. The van der Waals surface area contributed by atoms with Gasteiger partial charge in [-0.1, -0.05) is 307 Å². The fourth-order valence-electron chi connectivity index (χ4n) is 9.87. The van der Waals surface area contributed by atoms with Crippen LogP contribution in [0.1, 0.15) is 355 Å². The highest BCUT2D eigenvalue weighted by Crippen LogP contribution is 2.18. The van der Waals surface area contributed by atoms with Crippen molar-refractivity contribution in [2.24, 2.45) is 0 Å². The van der Waals surface area contributed by atoms with Gasteiger partial charge in [-0.3, -0.25) is 14.4 Å². The van der Waals surface area contributed by atoms with Crippen molar-refractivity contribution in [2.45, 2.75) is 361 Å². The number of carbonyl (C=O) groups is 3. The molecule has 0 saturated carbocycles. The van der Waals surface area contributed by atoms with Gasteiger partial charge < -0.3 is 14.2 Å². The molecule has 0 radical (unpaired) electrons. The normalized spacial score (nSPS) is 12.3. The highest BCUT2D eigenvalue weighted by molar-refractivity contribution is 5.71. The van der Waals surface area contributed by atoms with Gasteiger partial charge in [0.15, 0.2) is 6.10 Å². The van der Waals surface area contributed by atoms with Crippen LogP contribution in [0.5, 0.6) is 0 Å². The molecule has 0 aromatic heterocycles. The molecule has 0 heterocycles. The molecule has 0 fully saturated rings. The molecule has 1 atom stereocenters. The minimum Gasteiger partial charge on any atom is -0.462 e. The van der Waals surface area contributed by atoms with Crippen molar-refractivity contribution in [2.75, 3.05) is 13.2 Å². The van der Waals surface area contributed by atoms with Gasteiger partial charge in [0.05, 0.1) is 0 Å². The van der Waals surface area contributed by atoms with Crippen LogP contribution in [0, 0.1) is 0 Å². The summed E-state index contributed by atoms with van der Waals surface area (Å²) in [7, 11) is 0. The first-order valence-electron chi connectivity index (χ1n) is 33.1. The smallest absolute Gasteiger partial charge is 0.306 e. The van der Waals surface area contributed by atoms with Gasteiger partial charge >= 0.3 is 17.9 Å². The van der Waals surface area contributed by atoms with E-state index in [4.69, 9.17) is 14.2 Å². The maximum Gasteiger partial charge on any atom is 0.306 e. The van der Waals surface area contributed by atoms with E-state index in [2.05, 4.69) is 69.4 Å². The molecule has 0 bridgehead atoms. The average molecular weight is 1050 g/mol. The van der Waals surface area contributed by atoms with Crippen molar-refractivity contribution in [3.05, 3.63) is 48.6 Å². The van der Waals surface area contributed by atoms with Gasteiger partial charge in [0.2, 0.25) is 0 Å². The summed E-state index contributed by atoms with van der Waals surface area (Å²) in [5.74, 6) is -0.874. The van der Waals surface area contributed by atoms with Gasteiger partial charge in [-0.25, -0.2) is 0 Å². The second kappa shape index (κ2) is 63.9. The van der Waals surface area contributed by atoms with Crippen LogP contribution in [-0.2, 0) is 28.6 Å². The number of ether oxygens (including phenoxy) is 3. The van der Waals surface area contributed by atoms with Crippen LogP contribution in [0.3, 0.4) is 0 Å². The molecule has 0 aliphatic heterocycles. The van der Waals surface area contributed by atoms with E-state index in [0.29, 0.717) is 19.3 Å². The highest BCUT2D eigenvalue weighted by atomic mass is 16.6. The SMILES string of the molecule is CC/C=C\C/C=C\C/C=C\CCCCCCCCCC(=O)OC(COC(=O)CCCCCCC/C=C\CCCCCCC)COC(=O)CCCCCCCCCCCCCCCCCCCCCCCCCCCC. The molecule has 0 saturated heterocycles. The number of unbranched alkanes of at least 4 members (excludes halogenated alkanes) is 42. The Kier molecular flexibility index (Phi) is 61.7. The monoisotopic (exact) mass is 1050 g/mol. The molecule has 0 spiro atoms. The summed E-state index contributed by atoms with van der Waals surface area (Å²) in [5.41, 5.74) is 0. The predicted molar refractivity (Wildman–Crippen MR) is 325 cm³/mol. The molecular formula is C69H126O6. The van der Waals surface area contributed by atoms with E-state index in [1.165, 1.54) is 225 Å². The number of rotatable bonds is 61. The number of esters is 3. The summed E-state index contributed by atoms with van der Waals surface area (Å²) in [6, 6.07) is 0. The Bertz CT molecular complexity index is 1300. The van der Waals surface area contributed by atoms with E-state index in [0.717, 1.165) is 89.9 Å². The molecule has 0 N–H and O–H groups in total. The third-order valence-electron chi connectivity index (χ3n) is 14.8. The second-order valence-electron chi connectivity index (χ2n) is 22.4. The summed E-state index contributed by atoms with van der Waals surface area (Å²) in [6.45, 7) is 6.56. The molecule has 0 rings (SSSR count). The van der Waals surface area contributed by atoms with Crippen molar-refractivity contribution in [3.63, 3.8) is 0 Å². The van der Waals surface area contributed by atoms with Crippen LogP contribution in [-0.4, -0.2) is 37.2 Å². The maximum atomic E-state index is 12.9. The van der Waals surface area contributed by atoms with Crippen molar-refractivity contribution in [1.29, 1.82) is 0 Å². The fraction of sp³-hybridized carbons (Fsp3) is 0.841. The van der Waals surface area contributed by atoms with Gasteiger partial charge in [0.1, 0.15) is 13.2 Å². The third-order valence-corrected chi connectivity index (χ3v) is 14.8. The first-order chi connectivity index (χ1) is 37.0. The predicted octanol–water partition coefficient (Wildman–Crippen LogP) is 22.6. The average Bonchev–Trinajstić information content (AvgIpc) is 3.41. The molecule has 0 aromatic carbocycles. The first-order valence-corrected chi connectivity index (χ1v) is 33.1. The summed E-state index contributed by atoms with van der Waals surface area (Å²) < 4.78 is 16.9. The largest absolute Gasteiger partial charge is 0.462 e.